The Morgan fingerprint density at radius 1 is 0.912 bits per heavy atom. The molecule has 5 rings (SSSR count). The van der Waals surface area contributed by atoms with E-state index in [0.29, 0.717) is 12.1 Å². The summed E-state index contributed by atoms with van der Waals surface area (Å²) >= 11 is 0. The Kier molecular flexibility index (Phi) is 6.23. The number of piperidine rings is 1. The van der Waals surface area contributed by atoms with Gasteiger partial charge in [-0.25, -0.2) is 4.68 Å². The first kappa shape index (κ1) is 22.0. The third kappa shape index (κ3) is 4.50. The zero-order chi connectivity index (χ0) is 23.5. The van der Waals surface area contributed by atoms with Gasteiger partial charge in [-0.1, -0.05) is 66.7 Å². The van der Waals surface area contributed by atoms with Crippen molar-refractivity contribution in [2.24, 2.45) is 0 Å². The fourth-order valence-electron chi connectivity index (χ4n) is 4.64. The first-order valence-corrected chi connectivity index (χ1v) is 11.7. The van der Waals surface area contributed by atoms with Crippen LogP contribution < -0.4 is 10.9 Å². The number of likely N-dealkylation sites (tertiary alicyclic amines) is 1. The van der Waals surface area contributed by atoms with Gasteiger partial charge in [-0.3, -0.25) is 14.5 Å². The predicted molar refractivity (Wildman–Crippen MR) is 135 cm³/mol. The molecule has 1 aliphatic heterocycles. The van der Waals surface area contributed by atoms with Gasteiger partial charge in [0.05, 0.1) is 17.7 Å². The van der Waals surface area contributed by atoms with Gasteiger partial charge in [0.1, 0.15) is 0 Å². The van der Waals surface area contributed by atoms with E-state index in [1.807, 2.05) is 85.8 Å². The number of aryl methyl sites for hydroxylation is 1. The zero-order valence-corrected chi connectivity index (χ0v) is 19.3. The van der Waals surface area contributed by atoms with Crippen molar-refractivity contribution < 1.29 is 4.79 Å². The Balaban J connectivity index is 1.31. The van der Waals surface area contributed by atoms with Gasteiger partial charge in [-0.15, -0.1) is 0 Å². The summed E-state index contributed by atoms with van der Waals surface area (Å²) in [6.45, 7) is 3.97. The minimum absolute atomic E-state index is 0.0172. The van der Waals surface area contributed by atoms with Crippen LogP contribution >= 0.6 is 0 Å². The van der Waals surface area contributed by atoms with E-state index in [2.05, 4.69) is 10.2 Å². The highest BCUT2D eigenvalue weighted by Crippen LogP contribution is 2.24. The lowest BCUT2D eigenvalue weighted by molar-refractivity contribution is 0.0894. The minimum Gasteiger partial charge on any atom is -0.349 e. The van der Waals surface area contributed by atoms with Crippen molar-refractivity contribution in [2.45, 2.75) is 32.5 Å². The summed E-state index contributed by atoms with van der Waals surface area (Å²) in [5.41, 5.74) is 3.44. The smallest absolute Gasteiger partial charge is 0.275 e. The zero-order valence-electron chi connectivity index (χ0n) is 19.3. The summed E-state index contributed by atoms with van der Waals surface area (Å²) in [7, 11) is 0. The van der Waals surface area contributed by atoms with Crippen LogP contribution in [0, 0.1) is 6.92 Å². The van der Waals surface area contributed by atoms with Crippen molar-refractivity contribution in [3.63, 3.8) is 0 Å². The van der Waals surface area contributed by atoms with Gasteiger partial charge in [-0.05, 0) is 37.5 Å². The van der Waals surface area contributed by atoms with Gasteiger partial charge in [-0.2, -0.15) is 5.10 Å². The largest absolute Gasteiger partial charge is 0.349 e. The molecule has 1 aromatic heterocycles. The summed E-state index contributed by atoms with van der Waals surface area (Å²) in [4.78, 5) is 28.1. The molecule has 6 heteroatoms. The lowest BCUT2D eigenvalue weighted by Gasteiger charge is -2.32. The van der Waals surface area contributed by atoms with Crippen LogP contribution in [0.4, 0.5) is 0 Å². The number of nitrogens with zero attached hydrogens (tertiary/aromatic N) is 3. The highest BCUT2D eigenvalue weighted by molar-refractivity contribution is 5.96. The molecule has 0 spiro atoms. The molecule has 34 heavy (non-hydrogen) atoms. The number of carbonyl (C=O) groups excluding carboxylic acids is 1. The molecule has 0 unspecified atom stereocenters. The number of amides is 1. The molecule has 1 amide bonds. The van der Waals surface area contributed by atoms with Gasteiger partial charge < -0.3 is 5.32 Å². The first-order chi connectivity index (χ1) is 16.6. The standard InChI is InChI=1S/C28H28N4O2/c1-20-9-5-6-12-23(20)27(33)29-22-15-17-31(18-16-22)19-32-28(34)25-14-8-7-13-24(25)26(30-32)21-10-3-2-4-11-21/h2-14,22H,15-19H2,1H3,(H,29,33). The maximum atomic E-state index is 13.2. The summed E-state index contributed by atoms with van der Waals surface area (Å²) in [6, 6.07) is 25.4. The summed E-state index contributed by atoms with van der Waals surface area (Å²) in [5, 5.41) is 9.50. The van der Waals surface area contributed by atoms with Gasteiger partial charge in [0.15, 0.2) is 0 Å². The number of rotatable bonds is 5. The number of benzene rings is 3. The molecule has 172 valence electrons. The number of carbonyl (C=O) groups is 1. The number of aromatic nitrogens is 2. The fraction of sp³-hybridized carbons (Fsp3) is 0.250. The molecule has 0 bridgehead atoms. The maximum absolute atomic E-state index is 13.2. The average molecular weight is 453 g/mol. The second-order valence-electron chi connectivity index (χ2n) is 8.89. The Hall–Kier alpha value is -3.77. The van der Waals surface area contributed by atoms with Crippen LogP contribution in [0.25, 0.3) is 22.0 Å². The second kappa shape index (κ2) is 9.61. The van der Waals surface area contributed by atoms with Gasteiger partial charge in [0.2, 0.25) is 0 Å². The highest BCUT2D eigenvalue weighted by atomic mass is 16.2. The number of hydrogen-bond acceptors (Lipinski definition) is 4. The Morgan fingerprint density at radius 2 is 1.56 bits per heavy atom. The lowest BCUT2D eigenvalue weighted by atomic mass is 10.0. The summed E-state index contributed by atoms with van der Waals surface area (Å²) in [6.07, 6.45) is 1.68. The Labute approximate surface area is 198 Å². The van der Waals surface area contributed by atoms with Crippen molar-refractivity contribution in [3.05, 3.63) is 100 Å². The normalized spacial score (nSPS) is 14.9. The van der Waals surface area contributed by atoms with Crippen molar-refractivity contribution in [2.75, 3.05) is 13.1 Å². The van der Waals surface area contributed by atoms with E-state index >= 15 is 0 Å². The van der Waals surface area contributed by atoms with Crippen LogP contribution in [-0.2, 0) is 6.67 Å². The maximum Gasteiger partial charge on any atom is 0.275 e. The van der Waals surface area contributed by atoms with Crippen LogP contribution in [0.1, 0.15) is 28.8 Å². The van der Waals surface area contributed by atoms with Gasteiger partial charge in [0, 0.05) is 35.6 Å². The fourth-order valence-corrected chi connectivity index (χ4v) is 4.64. The number of nitrogens with one attached hydrogen (secondary N) is 1. The van der Waals surface area contributed by atoms with E-state index in [1.54, 1.807) is 4.68 Å². The molecule has 2 heterocycles. The van der Waals surface area contributed by atoms with Crippen LogP contribution in [0.2, 0.25) is 0 Å². The summed E-state index contributed by atoms with van der Waals surface area (Å²) < 4.78 is 1.58. The third-order valence-electron chi connectivity index (χ3n) is 6.56. The molecule has 1 aliphatic rings. The van der Waals surface area contributed by atoms with E-state index < -0.39 is 0 Å². The molecule has 0 radical (unpaired) electrons. The van der Waals surface area contributed by atoms with E-state index in [-0.39, 0.29) is 17.5 Å². The van der Waals surface area contributed by atoms with Crippen molar-refractivity contribution >= 4 is 16.7 Å². The molecular weight excluding hydrogens is 424 g/mol. The van der Waals surface area contributed by atoms with E-state index in [0.717, 1.165) is 53.7 Å². The molecule has 0 aliphatic carbocycles. The lowest BCUT2D eigenvalue weighted by Crippen LogP contribution is -2.46. The molecule has 3 aromatic carbocycles. The molecule has 0 atom stereocenters. The van der Waals surface area contributed by atoms with E-state index in [9.17, 15) is 9.59 Å². The average Bonchev–Trinajstić information content (AvgIpc) is 2.87. The quantitative estimate of drug-likeness (QED) is 0.492. The number of fused-ring (bicyclic) bond motifs is 1. The predicted octanol–water partition coefficient (Wildman–Crippen LogP) is 4.22. The second-order valence-corrected chi connectivity index (χ2v) is 8.89. The third-order valence-corrected chi connectivity index (χ3v) is 6.56. The number of hydrogen-bond donors (Lipinski definition) is 1. The Bertz CT molecular complexity index is 1370. The van der Waals surface area contributed by atoms with Gasteiger partial charge >= 0.3 is 0 Å². The topological polar surface area (TPSA) is 67.2 Å². The molecular formula is C28H28N4O2. The van der Waals surface area contributed by atoms with Crippen molar-refractivity contribution in [3.8, 4) is 11.3 Å². The van der Waals surface area contributed by atoms with Crippen LogP contribution in [-0.4, -0.2) is 39.7 Å². The molecule has 4 aromatic rings. The van der Waals surface area contributed by atoms with Crippen LogP contribution in [0.3, 0.4) is 0 Å². The molecule has 1 saturated heterocycles. The highest BCUT2D eigenvalue weighted by Gasteiger charge is 2.23. The van der Waals surface area contributed by atoms with E-state index in [4.69, 9.17) is 5.10 Å². The van der Waals surface area contributed by atoms with Crippen LogP contribution in [0.15, 0.2) is 83.7 Å². The van der Waals surface area contributed by atoms with Crippen molar-refractivity contribution in [1.82, 2.24) is 20.0 Å². The SMILES string of the molecule is Cc1ccccc1C(=O)NC1CCN(Cn2nc(-c3ccccc3)c3ccccc3c2=O)CC1. The minimum atomic E-state index is -0.0785. The summed E-state index contributed by atoms with van der Waals surface area (Å²) in [5.74, 6) is -0.0172. The van der Waals surface area contributed by atoms with Crippen LogP contribution in [0.5, 0.6) is 0 Å². The van der Waals surface area contributed by atoms with Gasteiger partial charge in [0.25, 0.3) is 11.5 Å². The monoisotopic (exact) mass is 452 g/mol. The molecule has 0 saturated carbocycles. The van der Waals surface area contributed by atoms with Crippen molar-refractivity contribution in [1.29, 1.82) is 0 Å². The molecule has 1 N–H and O–H groups in total. The molecule has 1 fully saturated rings. The Morgan fingerprint density at radius 3 is 2.29 bits per heavy atom. The first-order valence-electron chi connectivity index (χ1n) is 11.7. The molecule has 6 nitrogen and oxygen atoms in total. The van der Waals surface area contributed by atoms with E-state index in [1.165, 1.54) is 0 Å².